The second kappa shape index (κ2) is 41.6. The van der Waals surface area contributed by atoms with Gasteiger partial charge in [-0.05, 0) is 38.5 Å². The van der Waals surface area contributed by atoms with E-state index in [-0.39, 0.29) is 31.1 Å². The van der Waals surface area contributed by atoms with Gasteiger partial charge in [-0.3, -0.25) is 14.4 Å². The van der Waals surface area contributed by atoms with Crippen molar-refractivity contribution in [2.75, 3.05) is 13.2 Å². The minimum absolute atomic E-state index is 0.0783. The van der Waals surface area contributed by atoms with E-state index in [1.165, 1.54) is 122 Å². The summed E-state index contributed by atoms with van der Waals surface area (Å²) < 4.78 is 16.6. The zero-order chi connectivity index (χ0) is 38.0. The third-order valence-corrected chi connectivity index (χ3v) is 9.74. The standard InChI is InChI=1S/C46H84O6/c1-4-7-10-13-16-19-22-23-25-27-30-33-36-39-45(48)51-42-43(41-50-44(47)38-35-32-29-26-21-18-15-12-9-6-3)52-46(49)40-37-34-31-28-24-20-17-14-11-8-5-2/h14,17,20,24,43H,4-13,15-16,18-19,21-23,25-42H2,1-3H3/b17-14-,24-20-. The van der Waals surface area contributed by atoms with Crippen LogP contribution in [-0.4, -0.2) is 37.2 Å². The maximum absolute atomic E-state index is 12.7. The average molecular weight is 733 g/mol. The quantitative estimate of drug-likeness (QED) is 0.0270. The largest absolute Gasteiger partial charge is 0.462 e. The number of unbranched alkanes of at least 4 members (excludes halogenated alkanes) is 26. The van der Waals surface area contributed by atoms with Gasteiger partial charge >= 0.3 is 17.9 Å². The lowest BCUT2D eigenvalue weighted by Gasteiger charge is -2.18. The van der Waals surface area contributed by atoms with Gasteiger partial charge in [0.1, 0.15) is 13.2 Å². The Hall–Kier alpha value is -2.11. The fourth-order valence-corrected chi connectivity index (χ4v) is 6.30. The summed E-state index contributed by atoms with van der Waals surface area (Å²) in [4.78, 5) is 37.6. The van der Waals surface area contributed by atoms with Crippen molar-refractivity contribution >= 4 is 17.9 Å². The fourth-order valence-electron chi connectivity index (χ4n) is 6.30. The van der Waals surface area contributed by atoms with Gasteiger partial charge in [0.15, 0.2) is 6.10 Å². The smallest absolute Gasteiger partial charge is 0.306 e. The Bertz CT molecular complexity index is 850. The van der Waals surface area contributed by atoms with Gasteiger partial charge in [0, 0.05) is 19.3 Å². The number of carbonyl (C=O) groups is 3. The summed E-state index contributed by atoms with van der Waals surface area (Å²) in [6, 6.07) is 0. The molecule has 1 atom stereocenters. The van der Waals surface area contributed by atoms with Gasteiger partial charge in [-0.1, -0.05) is 199 Å². The molecule has 0 amide bonds. The molecule has 0 aliphatic heterocycles. The molecule has 0 spiro atoms. The van der Waals surface area contributed by atoms with Crippen LogP contribution < -0.4 is 0 Å². The highest BCUT2D eigenvalue weighted by molar-refractivity contribution is 5.71. The zero-order valence-corrected chi connectivity index (χ0v) is 34.6. The van der Waals surface area contributed by atoms with Crippen LogP contribution in [-0.2, 0) is 28.6 Å². The van der Waals surface area contributed by atoms with Crippen molar-refractivity contribution < 1.29 is 28.6 Å². The van der Waals surface area contributed by atoms with Gasteiger partial charge < -0.3 is 14.2 Å². The molecule has 0 aliphatic rings. The van der Waals surface area contributed by atoms with E-state index < -0.39 is 6.10 Å². The highest BCUT2D eigenvalue weighted by Gasteiger charge is 2.19. The van der Waals surface area contributed by atoms with Crippen LogP contribution in [0, 0.1) is 0 Å². The molecule has 0 fully saturated rings. The molecular formula is C46H84O6. The molecule has 0 aromatic rings. The lowest BCUT2D eigenvalue weighted by atomic mass is 10.0. The minimum Gasteiger partial charge on any atom is -0.462 e. The summed E-state index contributed by atoms with van der Waals surface area (Å²) in [6.45, 7) is 6.55. The minimum atomic E-state index is -0.776. The van der Waals surface area contributed by atoms with Crippen molar-refractivity contribution in [3.05, 3.63) is 24.3 Å². The van der Waals surface area contributed by atoms with Gasteiger partial charge in [-0.25, -0.2) is 0 Å². The third kappa shape index (κ3) is 39.1. The molecule has 0 aromatic heterocycles. The van der Waals surface area contributed by atoms with E-state index in [0.29, 0.717) is 19.3 Å². The van der Waals surface area contributed by atoms with Gasteiger partial charge in [0.05, 0.1) is 0 Å². The topological polar surface area (TPSA) is 78.9 Å². The zero-order valence-electron chi connectivity index (χ0n) is 34.6. The maximum atomic E-state index is 12.7. The van der Waals surface area contributed by atoms with Crippen LogP contribution >= 0.6 is 0 Å². The Morgan fingerprint density at radius 1 is 0.385 bits per heavy atom. The molecule has 0 N–H and O–H groups in total. The molecule has 6 heteroatoms. The molecule has 0 aromatic carbocycles. The lowest BCUT2D eigenvalue weighted by molar-refractivity contribution is -0.167. The summed E-state index contributed by atoms with van der Waals surface area (Å²) >= 11 is 0. The Labute approximate surface area is 322 Å². The first-order valence-electron chi connectivity index (χ1n) is 22.4. The van der Waals surface area contributed by atoms with E-state index >= 15 is 0 Å². The molecule has 0 saturated carbocycles. The van der Waals surface area contributed by atoms with Crippen molar-refractivity contribution in [3.8, 4) is 0 Å². The molecule has 0 bridgehead atoms. The van der Waals surface area contributed by atoms with Crippen molar-refractivity contribution in [1.29, 1.82) is 0 Å². The molecular weight excluding hydrogens is 648 g/mol. The summed E-state index contributed by atoms with van der Waals surface area (Å²) in [7, 11) is 0. The fraction of sp³-hybridized carbons (Fsp3) is 0.848. The van der Waals surface area contributed by atoms with E-state index in [2.05, 4.69) is 45.1 Å². The maximum Gasteiger partial charge on any atom is 0.306 e. The molecule has 0 heterocycles. The Balaban J connectivity index is 4.37. The van der Waals surface area contributed by atoms with Crippen LogP contribution in [0.2, 0.25) is 0 Å². The van der Waals surface area contributed by atoms with Gasteiger partial charge in [0.2, 0.25) is 0 Å². The molecule has 0 radical (unpaired) electrons. The van der Waals surface area contributed by atoms with Crippen molar-refractivity contribution in [3.63, 3.8) is 0 Å². The number of hydrogen-bond acceptors (Lipinski definition) is 6. The molecule has 0 aliphatic carbocycles. The Morgan fingerprint density at radius 3 is 1.08 bits per heavy atom. The Morgan fingerprint density at radius 2 is 0.692 bits per heavy atom. The normalized spacial score (nSPS) is 12.1. The number of hydrogen-bond donors (Lipinski definition) is 0. The first-order valence-corrected chi connectivity index (χ1v) is 22.4. The summed E-state index contributed by atoms with van der Waals surface area (Å²) in [5.41, 5.74) is 0. The number of carbonyl (C=O) groups excluding carboxylic acids is 3. The van der Waals surface area contributed by atoms with Crippen molar-refractivity contribution in [2.45, 2.75) is 239 Å². The van der Waals surface area contributed by atoms with Gasteiger partial charge in [-0.2, -0.15) is 0 Å². The highest BCUT2D eigenvalue weighted by atomic mass is 16.6. The summed E-state index contributed by atoms with van der Waals surface area (Å²) in [6.07, 6.45) is 44.4. The first-order chi connectivity index (χ1) is 25.5. The molecule has 304 valence electrons. The lowest BCUT2D eigenvalue weighted by Crippen LogP contribution is -2.30. The number of rotatable bonds is 40. The van der Waals surface area contributed by atoms with Crippen LogP contribution in [0.25, 0.3) is 0 Å². The van der Waals surface area contributed by atoms with Crippen LogP contribution in [0.5, 0.6) is 0 Å². The number of esters is 3. The van der Waals surface area contributed by atoms with E-state index in [0.717, 1.165) is 70.6 Å². The molecule has 0 saturated heterocycles. The van der Waals surface area contributed by atoms with E-state index in [1.807, 2.05) is 0 Å². The van der Waals surface area contributed by atoms with Crippen LogP contribution in [0.4, 0.5) is 0 Å². The molecule has 6 nitrogen and oxygen atoms in total. The summed E-state index contributed by atoms with van der Waals surface area (Å²) in [5, 5.41) is 0. The van der Waals surface area contributed by atoms with Crippen LogP contribution in [0.15, 0.2) is 24.3 Å². The number of allylic oxidation sites excluding steroid dienone is 4. The molecule has 0 rings (SSSR count). The van der Waals surface area contributed by atoms with E-state index in [9.17, 15) is 14.4 Å². The first kappa shape index (κ1) is 49.9. The predicted molar refractivity (Wildman–Crippen MR) is 219 cm³/mol. The number of ether oxygens (including phenoxy) is 3. The van der Waals surface area contributed by atoms with Crippen LogP contribution in [0.1, 0.15) is 233 Å². The Kier molecular flexibility index (Phi) is 40.0. The second-order valence-corrected chi connectivity index (χ2v) is 15.0. The summed E-state index contributed by atoms with van der Waals surface area (Å²) in [5.74, 6) is -0.904. The average Bonchev–Trinajstić information content (AvgIpc) is 3.14. The third-order valence-electron chi connectivity index (χ3n) is 9.74. The molecule has 1 unspecified atom stereocenters. The second-order valence-electron chi connectivity index (χ2n) is 15.0. The van der Waals surface area contributed by atoms with E-state index in [1.54, 1.807) is 0 Å². The van der Waals surface area contributed by atoms with E-state index in [4.69, 9.17) is 14.2 Å². The predicted octanol–water partition coefficient (Wildman–Crippen LogP) is 14.0. The van der Waals surface area contributed by atoms with Gasteiger partial charge in [-0.15, -0.1) is 0 Å². The SMILES string of the molecule is CCCC/C=C\C=C/CCCCCC(=O)OC(COC(=O)CCCCCCCCCCCC)COC(=O)CCCCCCCCCCCCCCC. The molecule has 52 heavy (non-hydrogen) atoms. The van der Waals surface area contributed by atoms with Gasteiger partial charge in [0.25, 0.3) is 0 Å². The van der Waals surface area contributed by atoms with Crippen molar-refractivity contribution in [2.24, 2.45) is 0 Å². The highest BCUT2D eigenvalue weighted by Crippen LogP contribution is 2.15. The monoisotopic (exact) mass is 733 g/mol. The van der Waals surface area contributed by atoms with Crippen LogP contribution in [0.3, 0.4) is 0 Å². The van der Waals surface area contributed by atoms with Crippen molar-refractivity contribution in [1.82, 2.24) is 0 Å².